The number of carbonyl (C=O) groups excluding carboxylic acids is 2. The summed E-state index contributed by atoms with van der Waals surface area (Å²) in [5, 5.41) is 9.45. The van der Waals surface area contributed by atoms with Crippen LogP contribution in [0.4, 0.5) is 11.5 Å². The molecule has 1 saturated heterocycles. The molecule has 2 amide bonds. The highest BCUT2D eigenvalue weighted by atomic mass is 32.1. The monoisotopic (exact) mass is 488 g/mol. The summed E-state index contributed by atoms with van der Waals surface area (Å²) >= 11 is 1.51. The van der Waals surface area contributed by atoms with Gasteiger partial charge in [-0.1, -0.05) is 23.8 Å². The summed E-state index contributed by atoms with van der Waals surface area (Å²) in [5.74, 6) is -0.338. The van der Waals surface area contributed by atoms with Crippen LogP contribution in [-0.4, -0.2) is 38.1 Å². The molecule has 0 aliphatic carbocycles. The molecular formula is C25H24N6O3S. The van der Waals surface area contributed by atoms with E-state index in [0.717, 1.165) is 16.1 Å². The Morgan fingerprint density at radius 1 is 1.14 bits per heavy atom. The first-order chi connectivity index (χ1) is 16.8. The first-order valence-electron chi connectivity index (χ1n) is 11.2. The van der Waals surface area contributed by atoms with Gasteiger partial charge < -0.3 is 10.2 Å². The number of H-pyrrole nitrogens is 1. The maximum atomic E-state index is 13.2. The quantitative estimate of drug-likeness (QED) is 0.446. The summed E-state index contributed by atoms with van der Waals surface area (Å²) in [4.78, 5) is 48.0. The van der Waals surface area contributed by atoms with Gasteiger partial charge in [-0.2, -0.15) is 9.78 Å². The molecule has 1 aliphatic heterocycles. The van der Waals surface area contributed by atoms with Crippen molar-refractivity contribution < 1.29 is 9.59 Å². The number of nitrogens with zero attached hydrogens (tertiary/aromatic N) is 4. The minimum Gasteiger partial charge on any atom is -0.312 e. The lowest BCUT2D eigenvalue weighted by atomic mass is 10.1. The van der Waals surface area contributed by atoms with E-state index in [1.54, 1.807) is 24.8 Å². The van der Waals surface area contributed by atoms with Crippen molar-refractivity contribution in [3.8, 4) is 16.5 Å². The Morgan fingerprint density at radius 3 is 2.60 bits per heavy atom. The molecule has 3 aromatic heterocycles. The summed E-state index contributed by atoms with van der Waals surface area (Å²) < 4.78 is 1.43. The summed E-state index contributed by atoms with van der Waals surface area (Å²) in [6.45, 7) is 5.72. The number of aromatic amines is 1. The normalized spacial score (nSPS) is 15.6. The molecule has 35 heavy (non-hydrogen) atoms. The van der Waals surface area contributed by atoms with Gasteiger partial charge in [0, 0.05) is 36.0 Å². The Hall–Kier alpha value is -4.05. The fourth-order valence-electron chi connectivity index (χ4n) is 3.99. The van der Waals surface area contributed by atoms with Crippen LogP contribution in [0.15, 0.2) is 52.6 Å². The third kappa shape index (κ3) is 4.40. The van der Waals surface area contributed by atoms with Gasteiger partial charge in [-0.15, -0.1) is 11.3 Å². The number of rotatable bonds is 5. The van der Waals surface area contributed by atoms with E-state index in [1.165, 1.54) is 16.0 Å². The van der Waals surface area contributed by atoms with Gasteiger partial charge in [-0.05, 0) is 44.4 Å². The van der Waals surface area contributed by atoms with Crippen LogP contribution in [-0.2, 0) is 9.59 Å². The van der Waals surface area contributed by atoms with Crippen molar-refractivity contribution in [2.45, 2.75) is 27.2 Å². The Bertz CT molecular complexity index is 1470. The molecule has 9 nitrogen and oxygen atoms in total. The molecule has 0 bridgehead atoms. The maximum Gasteiger partial charge on any atom is 0.255 e. The zero-order chi connectivity index (χ0) is 24.7. The predicted octanol–water partition coefficient (Wildman–Crippen LogP) is 3.60. The van der Waals surface area contributed by atoms with Crippen molar-refractivity contribution in [1.29, 1.82) is 0 Å². The van der Waals surface area contributed by atoms with E-state index >= 15 is 0 Å². The summed E-state index contributed by atoms with van der Waals surface area (Å²) in [5.41, 5.74) is 3.34. The fraction of sp³-hybridized carbons (Fsp3) is 0.240. The third-order valence-corrected chi connectivity index (χ3v) is 7.05. The molecule has 0 saturated carbocycles. The van der Waals surface area contributed by atoms with Gasteiger partial charge in [0.15, 0.2) is 0 Å². The second-order valence-electron chi connectivity index (χ2n) is 8.63. The molecule has 1 aromatic carbocycles. The Balaban J connectivity index is 1.44. The zero-order valence-corrected chi connectivity index (χ0v) is 20.3. The van der Waals surface area contributed by atoms with Crippen LogP contribution in [0.3, 0.4) is 0 Å². The predicted molar refractivity (Wildman–Crippen MR) is 135 cm³/mol. The molecule has 178 valence electrons. The fourth-order valence-corrected chi connectivity index (χ4v) is 4.67. The number of anilines is 2. The topological polar surface area (TPSA) is 113 Å². The van der Waals surface area contributed by atoms with E-state index in [0.29, 0.717) is 29.3 Å². The zero-order valence-electron chi connectivity index (χ0n) is 19.5. The van der Waals surface area contributed by atoms with Crippen molar-refractivity contribution in [2.24, 2.45) is 5.92 Å². The molecule has 5 rings (SSSR count). The average Bonchev–Trinajstić information content (AvgIpc) is 3.58. The van der Waals surface area contributed by atoms with Crippen molar-refractivity contribution in [1.82, 2.24) is 19.7 Å². The van der Waals surface area contributed by atoms with Crippen molar-refractivity contribution in [2.75, 3.05) is 16.8 Å². The standard InChI is InChI=1S/C25H24N6O3S/c1-14-6-8-18(9-7-14)30-13-17(11-22(30)32)24(34)27-21-12-19(20-5-4-10-35-20)29-31(21)25-26-16(3)15(2)23(33)28-25/h4-10,12,17H,11,13H2,1-3H3,(H,27,34)(H,26,28,33). The van der Waals surface area contributed by atoms with Gasteiger partial charge in [0.05, 0.1) is 10.8 Å². The van der Waals surface area contributed by atoms with E-state index in [-0.39, 0.29) is 29.7 Å². The minimum atomic E-state index is -0.524. The molecule has 0 spiro atoms. The number of aromatic nitrogens is 4. The molecule has 2 N–H and O–H groups in total. The second kappa shape index (κ2) is 8.95. The van der Waals surface area contributed by atoms with Crippen LogP contribution >= 0.6 is 11.3 Å². The van der Waals surface area contributed by atoms with Gasteiger partial charge in [0.2, 0.25) is 17.8 Å². The van der Waals surface area contributed by atoms with Crippen molar-refractivity contribution in [3.63, 3.8) is 0 Å². The second-order valence-corrected chi connectivity index (χ2v) is 9.58. The number of aryl methyl sites for hydroxylation is 2. The smallest absolute Gasteiger partial charge is 0.255 e. The van der Waals surface area contributed by atoms with Crippen LogP contribution in [0, 0.1) is 26.7 Å². The number of benzene rings is 1. The van der Waals surface area contributed by atoms with Crippen LogP contribution in [0.1, 0.15) is 23.2 Å². The maximum absolute atomic E-state index is 13.2. The number of thiophene rings is 1. The number of carbonyl (C=O) groups is 2. The van der Waals surface area contributed by atoms with Gasteiger partial charge >= 0.3 is 0 Å². The van der Waals surface area contributed by atoms with E-state index in [2.05, 4.69) is 20.4 Å². The summed E-state index contributed by atoms with van der Waals surface area (Å²) in [6, 6.07) is 13.2. The Labute approximate surface area is 205 Å². The molecule has 1 fully saturated rings. The first-order valence-corrected chi connectivity index (χ1v) is 12.1. The van der Waals surface area contributed by atoms with Gasteiger partial charge in [0.1, 0.15) is 11.5 Å². The number of hydrogen-bond donors (Lipinski definition) is 2. The highest BCUT2D eigenvalue weighted by molar-refractivity contribution is 7.13. The Kier molecular flexibility index (Phi) is 5.81. The van der Waals surface area contributed by atoms with Crippen LogP contribution in [0.25, 0.3) is 16.5 Å². The van der Waals surface area contributed by atoms with E-state index in [9.17, 15) is 14.4 Å². The molecule has 4 heterocycles. The van der Waals surface area contributed by atoms with Crippen LogP contribution < -0.4 is 15.8 Å². The largest absolute Gasteiger partial charge is 0.312 e. The van der Waals surface area contributed by atoms with E-state index < -0.39 is 5.92 Å². The van der Waals surface area contributed by atoms with E-state index in [4.69, 9.17) is 0 Å². The molecule has 0 radical (unpaired) electrons. The average molecular weight is 489 g/mol. The lowest BCUT2D eigenvalue weighted by Gasteiger charge is -2.17. The van der Waals surface area contributed by atoms with Crippen molar-refractivity contribution >= 4 is 34.7 Å². The van der Waals surface area contributed by atoms with E-state index in [1.807, 2.05) is 48.7 Å². The summed E-state index contributed by atoms with van der Waals surface area (Å²) in [6.07, 6.45) is 0.115. The minimum absolute atomic E-state index is 0.0954. The number of amides is 2. The van der Waals surface area contributed by atoms with Crippen LogP contribution in [0.5, 0.6) is 0 Å². The summed E-state index contributed by atoms with van der Waals surface area (Å²) in [7, 11) is 0. The molecule has 4 aromatic rings. The SMILES string of the molecule is Cc1ccc(N2CC(C(=O)Nc3cc(-c4cccs4)nn3-c3nc(C)c(C)c(=O)[nH]3)CC2=O)cc1. The molecule has 1 aliphatic rings. The molecule has 10 heteroatoms. The lowest BCUT2D eigenvalue weighted by molar-refractivity contribution is -0.122. The van der Waals surface area contributed by atoms with Gasteiger partial charge in [-0.25, -0.2) is 4.98 Å². The molecular weight excluding hydrogens is 464 g/mol. The van der Waals surface area contributed by atoms with Gasteiger partial charge in [-0.3, -0.25) is 19.4 Å². The lowest BCUT2D eigenvalue weighted by Crippen LogP contribution is -2.29. The van der Waals surface area contributed by atoms with Crippen LogP contribution in [0.2, 0.25) is 0 Å². The Morgan fingerprint density at radius 2 is 1.91 bits per heavy atom. The highest BCUT2D eigenvalue weighted by Crippen LogP contribution is 2.29. The highest BCUT2D eigenvalue weighted by Gasteiger charge is 2.35. The number of hydrogen-bond acceptors (Lipinski definition) is 6. The third-order valence-electron chi connectivity index (χ3n) is 6.16. The molecule has 1 atom stereocenters. The van der Waals surface area contributed by atoms with Gasteiger partial charge in [0.25, 0.3) is 5.56 Å². The first kappa shape index (κ1) is 22.7. The molecule has 1 unspecified atom stereocenters. The number of nitrogens with one attached hydrogen (secondary N) is 2. The van der Waals surface area contributed by atoms with Crippen molar-refractivity contribution in [3.05, 3.63) is 75.0 Å².